The first-order valence-electron chi connectivity index (χ1n) is 13.2. The number of benzene rings is 1. The van der Waals surface area contributed by atoms with Crippen molar-refractivity contribution < 1.29 is 32.2 Å². The topological polar surface area (TPSA) is 154 Å². The summed E-state index contributed by atoms with van der Waals surface area (Å²) in [5.74, 6) is -1.16. The number of nitrogens with zero attached hydrogens (tertiary/aromatic N) is 2. The number of ether oxygens (including phenoxy) is 2. The van der Waals surface area contributed by atoms with Crippen molar-refractivity contribution in [2.24, 2.45) is 11.5 Å². The highest BCUT2D eigenvalue weighted by atomic mass is 32.1. The fraction of sp³-hybridized carbons (Fsp3) is 0.481. The Morgan fingerprint density at radius 2 is 1.78 bits per heavy atom. The van der Waals surface area contributed by atoms with Gasteiger partial charge in [0, 0.05) is 25.8 Å². The summed E-state index contributed by atoms with van der Waals surface area (Å²) in [4.78, 5) is 24.1. The highest BCUT2D eigenvalue weighted by Gasteiger charge is 2.31. The van der Waals surface area contributed by atoms with Crippen molar-refractivity contribution in [1.82, 2.24) is 20.8 Å². The summed E-state index contributed by atoms with van der Waals surface area (Å²) < 4.78 is 45.8. The molecule has 0 saturated carbocycles. The first-order valence-corrected chi connectivity index (χ1v) is 14.0. The molecule has 0 fully saturated rings. The van der Waals surface area contributed by atoms with Gasteiger partial charge in [-0.25, -0.2) is 0 Å². The van der Waals surface area contributed by atoms with Gasteiger partial charge in [-0.15, -0.1) is 23.4 Å². The quantitative estimate of drug-likeness (QED) is 0.181. The van der Waals surface area contributed by atoms with E-state index in [1.807, 2.05) is 27.7 Å². The van der Waals surface area contributed by atoms with Crippen molar-refractivity contribution in [3.8, 4) is 5.75 Å². The van der Waals surface area contributed by atoms with Gasteiger partial charge >= 0.3 is 6.36 Å². The number of amides is 2. The Hall–Kier alpha value is -3.65. The predicted molar refractivity (Wildman–Crippen MR) is 154 cm³/mol. The van der Waals surface area contributed by atoms with Crippen molar-refractivity contribution in [3.63, 3.8) is 0 Å². The van der Waals surface area contributed by atoms with Crippen LogP contribution in [-0.4, -0.2) is 48.6 Å². The molecule has 2 aromatic rings. The smallest absolute Gasteiger partial charge is 0.406 e. The summed E-state index contributed by atoms with van der Waals surface area (Å²) >= 11 is 1.24. The average Bonchev–Trinajstić information content (AvgIpc) is 3.41. The monoisotopic (exact) mass is 602 g/mol. The number of aryl methyl sites for hydroxylation is 1. The van der Waals surface area contributed by atoms with Gasteiger partial charge in [-0.05, 0) is 49.1 Å². The van der Waals surface area contributed by atoms with E-state index >= 15 is 0 Å². The SMILES string of the molecule is CC.CC.COCCNC(=O)c1nnc(CCCC/C(N)=C/C=C(\N)NC(=O)Cc2cccc(OC(F)(F)F)c2)s1. The number of hydrogen-bond donors (Lipinski definition) is 4. The Morgan fingerprint density at radius 3 is 2.44 bits per heavy atom. The van der Waals surface area contributed by atoms with E-state index < -0.39 is 18.0 Å². The molecule has 0 bridgehead atoms. The third kappa shape index (κ3) is 17.6. The number of carbonyl (C=O) groups is 2. The minimum atomic E-state index is -4.82. The molecule has 1 aromatic heterocycles. The molecule has 2 amide bonds. The fourth-order valence-electron chi connectivity index (χ4n) is 2.96. The molecule has 0 aliphatic carbocycles. The molecule has 1 heterocycles. The molecule has 41 heavy (non-hydrogen) atoms. The lowest BCUT2D eigenvalue weighted by Gasteiger charge is -2.10. The third-order valence-corrected chi connectivity index (χ3v) is 5.60. The Labute approximate surface area is 243 Å². The van der Waals surface area contributed by atoms with Crippen LogP contribution in [0, 0.1) is 0 Å². The Morgan fingerprint density at radius 1 is 1.07 bits per heavy atom. The van der Waals surface area contributed by atoms with E-state index in [1.165, 1.54) is 29.5 Å². The van der Waals surface area contributed by atoms with Crippen molar-refractivity contribution in [2.75, 3.05) is 20.3 Å². The van der Waals surface area contributed by atoms with Gasteiger partial charge in [-0.1, -0.05) is 51.2 Å². The zero-order valence-electron chi connectivity index (χ0n) is 24.1. The van der Waals surface area contributed by atoms with Crippen molar-refractivity contribution >= 4 is 23.2 Å². The number of unbranched alkanes of at least 4 members (excludes halogenated alkanes) is 1. The number of aromatic nitrogens is 2. The molecule has 0 spiro atoms. The maximum Gasteiger partial charge on any atom is 0.573 e. The van der Waals surface area contributed by atoms with E-state index in [4.69, 9.17) is 16.2 Å². The summed E-state index contributed by atoms with van der Waals surface area (Å²) in [5.41, 5.74) is 12.6. The Balaban J connectivity index is 0.00000382. The van der Waals surface area contributed by atoms with E-state index in [9.17, 15) is 22.8 Å². The van der Waals surface area contributed by atoms with E-state index in [-0.39, 0.29) is 18.1 Å². The molecule has 2 rings (SSSR count). The second kappa shape index (κ2) is 21.1. The second-order valence-corrected chi connectivity index (χ2v) is 8.80. The molecule has 0 radical (unpaired) electrons. The van der Waals surface area contributed by atoms with Gasteiger partial charge in [0.2, 0.25) is 10.9 Å². The number of allylic oxidation sites excluding steroid dienone is 3. The zero-order chi connectivity index (χ0) is 31.3. The number of hydrogen-bond acceptors (Lipinski definition) is 9. The molecule has 0 saturated heterocycles. The maximum atomic E-state index is 12.3. The van der Waals surface area contributed by atoms with Crippen LogP contribution in [-0.2, 0) is 22.4 Å². The van der Waals surface area contributed by atoms with Crippen LogP contribution in [0.3, 0.4) is 0 Å². The van der Waals surface area contributed by atoms with Crippen LogP contribution < -0.4 is 26.8 Å². The first kappa shape index (κ1) is 37.4. The summed E-state index contributed by atoms with van der Waals surface area (Å²) in [5, 5.41) is 14.1. The number of rotatable bonds is 14. The number of nitrogens with one attached hydrogen (secondary N) is 2. The normalized spacial score (nSPS) is 11.4. The Bertz CT molecular complexity index is 1110. The molecule has 0 aliphatic rings. The number of halogens is 3. The van der Waals surface area contributed by atoms with Crippen molar-refractivity contribution in [3.05, 3.63) is 63.5 Å². The van der Waals surface area contributed by atoms with Crippen LogP contribution in [0.2, 0.25) is 0 Å². The largest absolute Gasteiger partial charge is 0.573 e. The van der Waals surface area contributed by atoms with E-state index in [1.54, 1.807) is 13.2 Å². The minimum Gasteiger partial charge on any atom is -0.406 e. The lowest BCUT2D eigenvalue weighted by Crippen LogP contribution is -2.28. The number of nitrogens with two attached hydrogens (primary N) is 2. The van der Waals surface area contributed by atoms with Crippen molar-refractivity contribution in [1.29, 1.82) is 0 Å². The molecule has 230 valence electrons. The molecule has 0 unspecified atom stereocenters. The van der Waals surface area contributed by atoms with Crippen LogP contribution in [0.25, 0.3) is 0 Å². The lowest BCUT2D eigenvalue weighted by molar-refractivity contribution is -0.274. The van der Waals surface area contributed by atoms with Gasteiger partial charge in [0.25, 0.3) is 5.91 Å². The van der Waals surface area contributed by atoms with Gasteiger partial charge in [-0.3, -0.25) is 9.59 Å². The van der Waals surface area contributed by atoms with Crippen LogP contribution in [0.15, 0.2) is 47.9 Å². The van der Waals surface area contributed by atoms with Gasteiger partial charge in [0.05, 0.1) is 13.0 Å². The van der Waals surface area contributed by atoms with E-state index in [2.05, 4.69) is 25.6 Å². The molecule has 14 heteroatoms. The van der Waals surface area contributed by atoms with Gasteiger partial charge in [0.1, 0.15) is 16.6 Å². The fourth-order valence-corrected chi connectivity index (χ4v) is 3.76. The zero-order valence-corrected chi connectivity index (χ0v) is 25.0. The molecule has 0 aliphatic heterocycles. The number of methoxy groups -OCH3 is 1. The summed E-state index contributed by atoms with van der Waals surface area (Å²) in [6, 6.07) is 5.13. The first-order chi connectivity index (χ1) is 19.6. The van der Waals surface area contributed by atoms with Crippen LogP contribution in [0.4, 0.5) is 13.2 Å². The molecule has 0 atom stereocenters. The van der Waals surface area contributed by atoms with Crippen LogP contribution >= 0.6 is 11.3 Å². The maximum absolute atomic E-state index is 12.3. The van der Waals surface area contributed by atoms with E-state index in [0.717, 1.165) is 30.0 Å². The highest BCUT2D eigenvalue weighted by Crippen LogP contribution is 2.23. The third-order valence-electron chi connectivity index (χ3n) is 4.62. The van der Waals surface area contributed by atoms with Gasteiger partial charge in [-0.2, -0.15) is 0 Å². The summed E-state index contributed by atoms with van der Waals surface area (Å²) in [6.07, 6.45) is 0.771. The molecule has 1 aromatic carbocycles. The van der Waals surface area contributed by atoms with Crippen LogP contribution in [0.1, 0.15) is 67.3 Å². The number of alkyl halides is 3. The van der Waals surface area contributed by atoms with Crippen molar-refractivity contribution in [2.45, 2.75) is 66.2 Å². The standard InChI is InChI=1S/C23H29F3N6O4S.2C2H6/c1-35-12-11-29-21(34)22-32-31-20(37-22)8-3-2-6-16(27)9-10-18(28)30-19(33)14-15-5-4-7-17(13-15)36-23(24,25)26;2*1-2/h4-5,7,9-10,13H,2-3,6,8,11-12,14,27-28H2,1H3,(H,29,34)(H,30,33);2*1-2H3/b16-9-,18-10+;;. The van der Waals surface area contributed by atoms with Gasteiger partial charge in [0.15, 0.2) is 0 Å². The molecular weight excluding hydrogens is 561 g/mol. The average molecular weight is 603 g/mol. The predicted octanol–water partition coefficient (Wildman–Crippen LogP) is 4.58. The van der Waals surface area contributed by atoms with Gasteiger partial charge < -0.3 is 31.6 Å². The lowest BCUT2D eigenvalue weighted by atomic mass is 10.1. The van der Waals surface area contributed by atoms with Crippen LogP contribution in [0.5, 0.6) is 5.75 Å². The second-order valence-electron chi connectivity index (χ2n) is 7.74. The summed E-state index contributed by atoms with van der Waals surface area (Å²) in [7, 11) is 1.55. The number of carbonyl (C=O) groups excluding carboxylic acids is 2. The molecule has 6 N–H and O–H groups in total. The highest BCUT2D eigenvalue weighted by molar-refractivity contribution is 7.13. The molecule has 10 nitrogen and oxygen atoms in total. The Kier molecular flexibility index (Phi) is 19.3. The minimum absolute atomic E-state index is 0.0424. The summed E-state index contributed by atoms with van der Waals surface area (Å²) in [6.45, 7) is 8.81. The molecular formula is C27H41F3N6O4S. The van der Waals surface area contributed by atoms with E-state index in [0.29, 0.717) is 42.3 Å².